The molecule has 0 amide bonds. The van der Waals surface area contributed by atoms with Crippen molar-refractivity contribution in [1.29, 1.82) is 0 Å². The van der Waals surface area contributed by atoms with Gasteiger partial charge in [0.05, 0.1) is 28.5 Å². The fourth-order valence-corrected chi connectivity index (χ4v) is 4.92. The Bertz CT molecular complexity index is 1620. The lowest BCUT2D eigenvalue weighted by Gasteiger charge is -2.39. The van der Waals surface area contributed by atoms with Gasteiger partial charge in [-0.1, -0.05) is 19.1 Å². The first-order chi connectivity index (χ1) is 15.3. The molecular formula is C21H14N2O9. The third-order valence-corrected chi connectivity index (χ3v) is 6.45. The van der Waals surface area contributed by atoms with Crippen molar-refractivity contribution < 1.29 is 34.9 Å². The standard InChI is InChI=1S/C21H14N2O9/c1-2-20(27)12-11-16-15-9(6-8-4-3-5-10(17(11)24)14(8)22-15)7-23(16)18(25)13(12)21(31-28,32-29)30-19(20)26/h3-6,27-29H,2,7H2,1H3/t20-/m0/s1. The van der Waals surface area contributed by atoms with Gasteiger partial charge in [0, 0.05) is 21.9 Å². The van der Waals surface area contributed by atoms with Crippen molar-refractivity contribution in [3.05, 3.63) is 61.5 Å². The fourth-order valence-electron chi connectivity index (χ4n) is 4.92. The molecule has 0 saturated carbocycles. The highest BCUT2D eigenvalue weighted by Crippen LogP contribution is 2.46. The van der Waals surface area contributed by atoms with Crippen LogP contribution in [-0.2, 0) is 37.4 Å². The highest BCUT2D eigenvalue weighted by atomic mass is 17.3. The molecule has 4 aromatic rings. The summed E-state index contributed by atoms with van der Waals surface area (Å²) in [6, 6.07) is 6.81. The number of rotatable bonds is 3. The van der Waals surface area contributed by atoms with Crippen molar-refractivity contribution in [1.82, 2.24) is 9.55 Å². The van der Waals surface area contributed by atoms with Crippen LogP contribution in [0.2, 0.25) is 0 Å². The molecule has 11 nitrogen and oxygen atoms in total. The zero-order chi connectivity index (χ0) is 22.6. The molecule has 3 N–H and O–H groups in total. The van der Waals surface area contributed by atoms with Crippen LogP contribution in [0.25, 0.3) is 32.7 Å². The molecule has 0 spiro atoms. The van der Waals surface area contributed by atoms with Crippen LogP contribution in [0.3, 0.4) is 0 Å². The third kappa shape index (κ3) is 1.93. The molecule has 1 aromatic carbocycles. The molecule has 6 rings (SSSR count). The third-order valence-electron chi connectivity index (χ3n) is 6.45. The summed E-state index contributed by atoms with van der Waals surface area (Å²) in [6.07, 6.45) is -0.295. The van der Waals surface area contributed by atoms with Gasteiger partial charge >= 0.3 is 11.9 Å². The number of ether oxygens (including phenoxy) is 1. The number of hydrogen-bond donors (Lipinski definition) is 3. The number of benzene rings is 1. The Kier molecular flexibility index (Phi) is 3.51. The zero-order valence-electron chi connectivity index (χ0n) is 16.4. The van der Waals surface area contributed by atoms with E-state index in [0.29, 0.717) is 22.0 Å². The van der Waals surface area contributed by atoms with Crippen LogP contribution in [-0.4, -0.2) is 31.1 Å². The zero-order valence-corrected chi connectivity index (χ0v) is 16.4. The molecule has 5 heterocycles. The lowest BCUT2D eigenvalue weighted by atomic mass is 9.82. The molecular weight excluding hydrogens is 424 g/mol. The Morgan fingerprint density at radius 2 is 1.91 bits per heavy atom. The van der Waals surface area contributed by atoms with E-state index in [4.69, 9.17) is 4.74 Å². The molecule has 0 aliphatic carbocycles. The lowest BCUT2D eigenvalue weighted by molar-refractivity contribution is -0.565. The van der Waals surface area contributed by atoms with E-state index in [2.05, 4.69) is 14.8 Å². The smallest absolute Gasteiger partial charge is 0.398 e. The van der Waals surface area contributed by atoms with E-state index in [1.54, 1.807) is 24.3 Å². The minimum atomic E-state index is -3.09. The Morgan fingerprint density at radius 3 is 2.59 bits per heavy atom. The summed E-state index contributed by atoms with van der Waals surface area (Å²) >= 11 is 0. The van der Waals surface area contributed by atoms with Crippen LogP contribution >= 0.6 is 0 Å². The van der Waals surface area contributed by atoms with Gasteiger partial charge in [0.1, 0.15) is 5.56 Å². The average Bonchev–Trinajstić information content (AvgIpc) is 3.12. The topological polar surface area (TPSA) is 157 Å². The predicted octanol–water partition coefficient (Wildman–Crippen LogP) is 1.11. The Hall–Kier alpha value is -3.48. The molecule has 0 fully saturated rings. The highest BCUT2D eigenvalue weighted by molar-refractivity contribution is 6.09. The molecule has 2 aliphatic rings. The number of pyridine rings is 2. The van der Waals surface area contributed by atoms with Gasteiger partial charge < -0.3 is 14.4 Å². The van der Waals surface area contributed by atoms with Crippen molar-refractivity contribution >= 4 is 38.7 Å². The van der Waals surface area contributed by atoms with Crippen LogP contribution in [0.1, 0.15) is 30.0 Å². The lowest BCUT2D eigenvalue weighted by Crippen LogP contribution is -2.55. The minimum Gasteiger partial charge on any atom is -0.398 e. The molecule has 32 heavy (non-hydrogen) atoms. The van der Waals surface area contributed by atoms with Gasteiger partial charge in [0.15, 0.2) is 11.0 Å². The molecule has 0 unspecified atom stereocenters. The fraction of sp³-hybridized carbons (Fsp3) is 0.238. The summed E-state index contributed by atoms with van der Waals surface area (Å²) in [5.41, 5.74) is -3.64. The molecule has 162 valence electrons. The van der Waals surface area contributed by atoms with Gasteiger partial charge in [-0.2, -0.15) is 9.78 Å². The monoisotopic (exact) mass is 438 g/mol. The minimum absolute atomic E-state index is 0.00959. The van der Waals surface area contributed by atoms with Crippen molar-refractivity contribution in [2.24, 2.45) is 0 Å². The van der Waals surface area contributed by atoms with E-state index in [9.17, 15) is 30.0 Å². The number of aromatic nitrogens is 2. The maximum atomic E-state index is 13.8. The maximum absolute atomic E-state index is 13.8. The van der Waals surface area contributed by atoms with Gasteiger partial charge in [0.25, 0.3) is 5.56 Å². The van der Waals surface area contributed by atoms with Crippen LogP contribution < -0.4 is 11.0 Å². The van der Waals surface area contributed by atoms with Crippen molar-refractivity contribution in [3.8, 4) is 0 Å². The van der Waals surface area contributed by atoms with E-state index >= 15 is 0 Å². The SMILES string of the molecule is CC[C@@]1(O)C(=O)OC(OO)(OO)c2c1c1c(=O)c3cccc4cc5c(nc43)c1n(c2=O)C5. The van der Waals surface area contributed by atoms with Gasteiger partial charge in [-0.25, -0.2) is 20.3 Å². The van der Waals surface area contributed by atoms with Gasteiger partial charge in [0.2, 0.25) is 0 Å². The Balaban J connectivity index is 2.01. The number of cyclic esters (lactones) is 1. The second-order valence-corrected chi connectivity index (χ2v) is 7.91. The molecule has 1 atom stereocenters. The Labute approximate surface area is 176 Å². The van der Waals surface area contributed by atoms with E-state index in [1.165, 1.54) is 11.5 Å². The van der Waals surface area contributed by atoms with Crippen molar-refractivity contribution in [2.75, 3.05) is 0 Å². The summed E-state index contributed by atoms with van der Waals surface area (Å²) in [7, 11) is 0. The van der Waals surface area contributed by atoms with E-state index in [1.807, 2.05) is 0 Å². The molecule has 0 radical (unpaired) electrons. The number of aliphatic hydroxyl groups is 1. The van der Waals surface area contributed by atoms with Gasteiger partial charge in [-0.15, -0.1) is 0 Å². The second kappa shape index (κ2) is 5.85. The number of para-hydroxylation sites is 1. The summed E-state index contributed by atoms with van der Waals surface area (Å²) in [4.78, 5) is 53.1. The highest BCUT2D eigenvalue weighted by Gasteiger charge is 2.60. The van der Waals surface area contributed by atoms with Crippen molar-refractivity contribution in [2.45, 2.75) is 31.5 Å². The number of nitrogens with zero attached hydrogens (tertiary/aromatic N) is 2. The van der Waals surface area contributed by atoms with Crippen LogP contribution in [0.4, 0.5) is 0 Å². The quantitative estimate of drug-likeness (QED) is 0.161. The first-order valence-corrected chi connectivity index (χ1v) is 9.71. The molecule has 11 heteroatoms. The number of fused-ring (bicyclic) bond motifs is 2. The van der Waals surface area contributed by atoms with E-state index in [-0.39, 0.29) is 29.3 Å². The summed E-state index contributed by atoms with van der Waals surface area (Å²) in [6.45, 7) is 1.45. The molecule has 2 bridgehead atoms. The molecule has 2 aliphatic heterocycles. The first-order valence-electron chi connectivity index (χ1n) is 9.71. The number of esters is 1. The average molecular weight is 438 g/mol. The summed E-state index contributed by atoms with van der Waals surface area (Å²) < 4.78 is 6.05. The van der Waals surface area contributed by atoms with Gasteiger partial charge in [-0.05, 0) is 18.6 Å². The molecule has 3 aromatic heterocycles. The predicted molar refractivity (Wildman–Crippen MR) is 107 cm³/mol. The van der Waals surface area contributed by atoms with Crippen LogP contribution in [0.15, 0.2) is 33.9 Å². The van der Waals surface area contributed by atoms with Gasteiger partial charge in [-0.3, -0.25) is 9.59 Å². The summed E-state index contributed by atoms with van der Waals surface area (Å²) in [5.74, 6) is -4.47. The number of hydrogen-bond acceptors (Lipinski definition) is 10. The summed E-state index contributed by atoms with van der Waals surface area (Å²) in [5, 5.41) is 31.0. The largest absolute Gasteiger partial charge is 0.416 e. The van der Waals surface area contributed by atoms with E-state index in [0.717, 1.165) is 0 Å². The van der Waals surface area contributed by atoms with Crippen LogP contribution in [0, 0.1) is 0 Å². The first kappa shape index (κ1) is 19.2. The number of carbonyl (C=O) groups is 1. The Morgan fingerprint density at radius 1 is 1.16 bits per heavy atom. The molecule has 0 saturated heterocycles. The van der Waals surface area contributed by atoms with Crippen LogP contribution in [0.5, 0.6) is 0 Å². The van der Waals surface area contributed by atoms with Crippen molar-refractivity contribution in [3.63, 3.8) is 0 Å². The number of carbonyl (C=O) groups excluding carboxylic acids is 1. The van der Waals surface area contributed by atoms with E-state index < -0.39 is 39.7 Å². The second-order valence-electron chi connectivity index (χ2n) is 7.91. The maximum Gasteiger partial charge on any atom is 0.416 e. The normalized spacial score (nSPS) is 21.1.